The summed E-state index contributed by atoms with van der Waals surface area (Å²) < 4.78 is 11.4. The first-order valence-electron chi connectivity index (χ1n) is 7.67. The van der Waals surface area contributed by atoms with Gasteiger partial charge in [-0.2, -0.15) is 0 Å². The Bertz CT molecular complexity index is 461. The molecule has 0 bridgehead atoms. The van der Waals surface area contributed by atoms with Gasteiger partial charge in [0.1, 0.15) is 5.69 Å². The summed E-state index contributed by atoms with van der Waals surface area (Å²) in [6.07, 6.45) is 4.56. The van der Waals surface area contributed by atoms with Gasteiger partial charge < -0.3 is 14.4 Å². The molecule has 21 heavy (non-hydrogen) atoms. The van der Waals surface area contributed by atoms with E-state index in [4.69, 9.17) is 9.47 Å². The monoisotopic (exact) mass is 310 g/mol. The van der Waals surface area contributed by atoms with Gasteiger partial charge in [-0.15, -0.1) is 11.3 Å². The maximum absolute atomic E-state index is 12.7. The van der Waals surface area contributed by atoms with E-state index in [2.05, 4.69) is 4.98 Å². The highest BCUT2D eigenvalue weighted by Gasteiger charge is 2.28. The van der Waals surface area contributed by atoms with Crippen molar-refractivity contribution in [3.63, 3.8) is 0 Å². The minimum absolute atomic E-state index is 0.00495. The number of thiazole rings is 1. The molecule has 1 aromatic rings. The van der Waals surface area contributed by atoms with Crippen molar-refractivity contribution < 1.29 is 14.3 Å². The van der Waals surface area contributed by atoms with Gasteiger partial charge in [-0.25, -0.2) is 4.98 Å². The van der Waals surface area contributed by atoms with E-state index in [-0.39, 0.29) is 18.1 Å². The highest BCUT2D eigenvalue weighted by molar-refractivity contribution is 7.09. The maximum Gasteiger partial charge on any atom is 0.273 e. The number of amides is 1. The summed E-state index contributed by atoms with van der Waals surface area (Å²) in [6.45, 7) is 4.83. The van der Waals surface area contributed by atoms with E-state index in [9.17, 15) is 4.79 Å². The zero-order chi connectivity index (χ0) is 14.7. The Kier molecular flexibility index (Phi) is 4.87. The van der Waals surface area contributed by atoms with Gasteiger partial charge >= 0.3 is 0 Å². The molecule has 5 nitrogen and oxygen atoms in total. The van der Waals surface area contributed by atoms with Crippen molar-refractivity contribution in [1.29, 1.82) is 0 Å². The summed E-state index contributed by atoms with van der Waals surface area (Å²) in [5.74, 6) is 0.00495. The normalized spacial score (nSPS) is 25.4. The fourth-order valence-corrected chi connectivity index (χ4v) is 3.52. The number of rotatable bonds is 5. The second kappa shape index (κ2) is 6.85. The predicted octanol–water partition coefficient (Wildman–Crippen LogP) is 2.25. The Hall–Kier alpha value is -0.980. The summed E-state index contributed by atoms with van der Waals surface area (Å²) in [5.41, 5.74) is 0.550. The molecule has 1 aromatic heterocycles. The van der Waals surface area contributed by atoms with E-state index in [0.29, 0.717) is 18.8 Å². The molecule has 3 heterocycles. The van der Waals surface area contributed by atoms with Crippen molar-refractivity contribution >= 4 is 17.2 Å². The van der Waals surface area contributed by atoms with Gasteiger partial charge in [0.25, 0.3) is 5.91 Å². The van der Waals surface area contributed by atoms with Gasteiger partial charge in [0.2, 0.25) is 0 Å². The van der Waals surface area contributed by atoms with Crippen LogP contribution in [0.3, 0.4) is 0 Å². The van der Waals surface area contributed by atoms with E-state index in [0.717, 1.165) is 43.9 Å². The second-order valence-electron chi connectivity index (χ2n) is 5.73. The average Bonchev–Trinajstić information content (AvgIpc) is 3.19. The molecule has 1 amide bonds. The Morgan fingerprint density at radius 3 is 2.33 bits per heavy atom. The van der Waals surface area contributed by atoms with Crippen molar-refractivity contribution in [3.05, 3.63) is 16.1 Å². The number of aryl methyl sites for hydroxylation is 1. The smallest absolute Gasteiger partial charge is 0.273 e. The van der Waals surface area contributed by atoms with Crippen LogP contribution in [0.2, 0.25) is 0 Å². The van der Waals surface area contributed by atoms with Gasteiger partial charge in [0.05, 0.1) is 17.2 Å². The molecule has 6 heteroatoms. The lowest BCUT2D eigenvalue weighted by Gasteiger charge is -2.27. The molecule has 2 atom stereocenters. The maximum atomic E-state index is 12.7. The molecule has 0 N–H and O–H groups in total. The summed E-state index contributed by atoms with van der Waals surface area (Å²) in [5, 5.41) is 2.77. The average molecular weight is 310 g/mol. The summed E-state index contributed by atoms with van der Waals surface area (Å²) in [6, 6.07) is 0. The van der Waals surface area contributed by atoms with Crippen LogP contribution < -0.4 is 0 Å². The number of nitrogens with zero attached hydrogens (tertiary/aromatic N) is 2. The van der Waals surface area contributed by atoms with Crippen LogP contribution in [-0.4, -0.2) is 54.3 Å². The molecule has 2 unspecified atom stereocenters. The van der Waals surface area contributed by atoms with E-state index in [1.54, 1.807) is 0 Å². The second-order valence-corrected chi connectivity index (χ2v) is 6.79. The minimum atomic E-state index is 0.00495. The van der Waals surface area contributed by atoms with Gasteiger partial charge in [-0.05, 0) is 32.6 Å². The van der Waals surface area contributed by atoms with Gasteiger partial charge in [-0.1, -0.05) is 0 Å². The van der Waals surface area contributed by atoms with Crippen LogP contribution in [-0.2, 0) is 9.47 Å². The molecule has 0 spiro atoms. The van der Waals surface area contributed by atoms with Crippen molar-refractivity contribution in [2.75, 3.05) is 26.3 Å². The zero-order valence-electron chi connectivity index (χ0n) is 12.4. The third kappa shape index (κ3) is 3.81. The third-order valence-corrected chi connectivity index (χ3v) is 4.79. The van der Waals surface area contributed by atoms with E-state index in [1.165, 1.54) is 11.3 Å². The highest BCUT2D eigenvalue weighted by atomic mass is 32.1. The van der Waals surface area contributed by atoms with Crippen LogP contribution in [0.5, 0.6) is 0 Å². The lowest BCUT2D eigenvalue weighted by molar-refractivity contribution is 0.0304. The van der Waals surface area contributed by atoms with Crippen LogP contribution in [0.4, 0.5) is 0 Å². The van der Waals surface area contributed by atoms with Crippen LogP contribution in [0.15, 0.2) is 5.38 Å². The molecule has 116 valence electrons. The molecule has 2 aliphatic rings. The molecule has 2 saturated heterocycles. The Balaban J connectivity index is 1.68. The number of carbonyl (C=O) groups excluding carboxylic acids is 1. The van der Waals surface area contributed by atoms with E-state index >= 15 is 0 Å². The van der Waals surface area contributed by atoms with Crippen LogP contribution in [0.25, 0.3) is 0 Å². The SMILES string of the molecule is Cc1nc(C(=O)N(CC2CCCO2)CC2CCCO2)cs1. The molecular weight excluding hydrogens is 288 g/mol. The molecule has 2 fully saturated rings. The third-order valence-electron chi connectivity index (χ3n) is 4.02. The molecular formula is C15H22N2O3S. The largest absolute Gasteiger partial charge is 0.376 e. The Morgan fingerprint density at radius 2 is 1.90 bits per heavy atom. The molecule has 0 aliphatic carbocycles. The molecule has 0 radical (unpaired) electrons. The number of carbonyl (C=O) groups is 1. The minimum Gasteiger partial charge on any atom is -0.376 e. The van der Waals surface area contributed by atoms with Crippen molar-refractivity contribution in [2.45, 2.75) is 44.8 Å². The standard InChI is InChI=1S/C15H22N2O3S/c1-11-16-14(10-21-11)15(18)17(8-12-4-2-6-19-12)9-13-5-3-7-20-13/h10,12-13H,2-9H2,1H3. The first-order valence-corrected chi connectivity index (χ1v) is 8.55. The van der Waals surface area contributed by atoms with Crippen molar-refractivity contribution in [3.8, 4) is 0 Å². The summed E-state index contributed by atoms with van der Waals surface area (Å²) in [7, 11) is 0. The van der Waals surface area contributed by atoms with Gasteiger partial charge in [0, 0.05) is 31.7 Å². The zero-order valence-corrected chi connectivity index (χ0v) is 13.2. The fourth-order valence-electron chi connectivity index (χ4n) is 2.93. The first kappa shape index (κ1) is 14.9. The Morgan fingerprint density at radius 1 is 1.29 bits per heavy atom. The molecule has 2 aliphatic heterocycles. The first-order chi connectivity index (χ1) is 10.2. The summed E-state index contributed by atoms with van der Waals surface area (Å²) in [4.78, 5) is 18.9. The van der Waals surface area contributed by atoms with Gasteiger partial charge in [-0.3, -0.25) is 4.79 Å². The van der Waals surface area contributed by atoms with Crippen molar-refractivity contribution in [1.82, 2.24) is 9.88 Å². The number of hydrogen-bond donors (Lipinski definition) is 0. The predicted molar refractivity (Wildman–Crippen MR) is 80.7 cm³/mol. The fraction of sp³-hybridized carbons (Fsp3) is 0.733. The summed E-state index contributed by atoms with van der Waals surface area (Å²) >= 11 is 1.51. The van der Waals surface area contributed by atoms with Gasteiger partial charge in [0.15, 0.2) is 0 Å². The van der Waals surface area contributed by atoms with Crippen LogP contribution >= 0.6 is 11.3 Å². The molecule has 0 aromatic carbocycles. The topological polar surface area (TPSA) is 51.7 Å². The highest BCUT2D eigenvalue weighted by Crippen LogP contribution is 2.19. The lowest BCUT2D eigenvalue weighted by atomic mass is 10.2. The van der Waals surface area contributed by atoms with E-state index < -0.39 is 0 Å². The van der Waals surface area contributed by atoms with Crippen LogP contribution in [0, 0.1) is 6.92 Å². The molecule has 3 rings (SSSR count). The van der Waals surface area contributed by atoms with Crippen LogP contribution in [0.1, 0.15) is 41.2 Å². The molecule has 0 saturated carbocycles. The quantitative estimate of drug-likeness (QED) is 0.837. The number of aromatic nitrogens is 1. The number of hydrogen-bond acceptors (Lipinski definition) is 5. The number of ether oxygens (including phenoxy) is 2. The lowest BCUT2D eigenvalue weighted by Crippen LogP contribution is -2.42. The van der Waals surface area contributed by atoms with Crippen molar-refractivity contribution in [2.24, 2.45) is 0 Å². The Labute approximate surface area is 129 Å². The van der Waals surface area contributed by atoms with E-state index in [1.807, 2.05) is 17.2 Å².